The molecule has 0 fully saturated rings. The van der Waals surface area contributed by atoms with Gasteiger partial charge in [-0.3, -0.25) is 0 Å². The van der Waals surface area contributed by atoms with Crippen LogP contribution in [0.25, 0.3) is 0 Å². The lowest BCUT2D eigenvalue weighted by molar-refractivity contribution is -0.0436. The van der Waals surface area contributed by atoms with Crippen LogP contribution in [0, 0.1) is 0 Å². The van der Waals surface area contributed by atoms with Crippen molar-refractivity contribution in [1.29, 1.82) is 0 Å². The number of benzene rings is 1. The minimum atomic E-state index is -5.33. The van der Waals surface area contributed by atoms with Crippen molar-refractivity contribution in [3.8, 4) is 0 Å². The molecule has 0 aliphatic carbocycles. The van der Waals surface area contributed by atoms with Crippen LogP contribution in [0.1, 0.15) is 0 Å². The van der Waals surface area contributed by atoms with Crippen LogP contribution in [0.3, 0.4) is 0 Å². The largest absolute Gasteiger partial charge is 0.501 e. The van der Waals surface area contributed by atoms with E-state index >= 15 is 0 Å². The summed E-state index contributed by atoms with van der Waals surface area (Å²) in [5, 5.41) is 0. The van der Waals surface area contributed by atoms with Gasteiger partial charge in [-0.2, -0.15) is 13.2 Å². The summed E-state index contributed by atoms with van der Waals surface area (Å²) in [6, 6.07) is 2.99. The average Bonchev–Trinajstić information content (AvgIpc) is 2.00. The number of rotatable bonds is 1. The molecule has 0 aliphatic rings. The molecule has 0 spiro atoms. The maximum Gasteiger partial charge on any atom is 0.501 e. The summed E-state index contributed by atoms with van der Waals surface area (Å²) in [6.45, 7) is 0. The van der Waals surface area contributed by atoms with Crippen molar-refractivity contribution in [3.05, 3.63) is 22.7 Å². The van der Waals surface area contributed by atoms with E-state index in [9.17, 15) is 21.6 Å². The first-order valence-corrected chi connectivity index (χ1v) is 5.80. The minimum Gasteiger partial charge on any atom is -0.399 e. The van der Waals surface area contributed by atoms with Crippen LogP contribution in [0.2, 0.25) is 0 Å². The van der Waals surface area contributed by atoms with E-state index in [0.29, 0.717) is 0 Å². The summed E-state index contributed by atoms with van der Waals surface area (Å²) in [5.41, 5.74) is 0.129. The molecule has 1 rings (SSSR count). The maximum atomic E-state index is 12.2. The fraction of sp³-hybridized carbons (Fsp3) is 0.143. The van der Waals surface area contributed by atoms with Gasteiger partial charge in [0.2, 0.25) is 0 Å². The van der Waals surface area contributed by atoms with Crippen LogP contribution in [0.15, 0.2) is 27.6 Å². The third-order valence-corrected chi connectivity index (χ3v) is 4.01. The molecule has 2 N–H and O–H groups in total. The zero-order chi connectivity index (χ0) is 11.9. The fourth-order valence-corrected chi connectivity index (χ4v) is 2.71. The molecule has 1 aromatic rings. The van der Waals surface area contributed by atoms with Gasteiger partial charge in [0.05, 0.1) is 4.90 Å². The monoisotopic (exact) mass is 303 g/mol. The second kappa shape index (κ2) is 3.67. The first-order chi connectivity index (χ1) is 6.66. The van der Waals surface area contributed by atoms with Gasteiger partial charge in [-0.15, -0.1) is 0 Å². The Morgan fingerprint density at radius 2 is 1.80 bits per heavy atom. The van der Waals surface area contributed by atoms with Crippen LogP contribution in [-0.2, 0) is 9.84 Å². The summed E-state index contributed by atoms with van der Waals surface area (Å²) in [7, 11) is -5.33. The fourth-order valence-electron chi connectivity index (χ4n) is 0.860. The van der Waals surface area contributed by atoms with E-state index in [1.807, 2.05) is 0 Å². The molecule has 0 unspecified atom stereocenters. The molecule has 0 amide bonds. The van der Waals surface area contributed by atoms with E-state index in [1.54, 1.807) is 0 Å². The predicted octanol–water partition coefficient (Wildman–Crippen LogP) is 2.32. The Hall–Kier alpha value is -0.760. The van der Waals surface area contributed by atoms with Gasteiger partial charge in [0, 0.05) is 10.2 Å². The van der Waals surface area contributed by atoms with Crippen molar-refractivity contribution in [2.45, 2.75) is 10.4 Å². The Labute approximate surface area is 92.1 Å². The van der Waals surface area contributed by atoms with Gasteiger partial charge < -0.3 is 5.73 Å². The third-order valence-electron chi connectivity index (χ3n) is 1.55. The number of alkyl halides is 3. The van der Waals surface area contributed by atoms with Crippen LogP contribution in [0.5, 0.6) is 0 Å². The molecular formula is C7H5BrF3NO2S. The standard InChI is InChI=1S/C7H5BrF3NO2S/c8-5-3-4(12)1-2-6(5)15(13,14)7(9,10)11/h1-3H,12H2. The first-order valence-electron chi connectivity index (χ1n) is 3.52. The molecule has 15 heavy (non-hydrogen) atoms. The Kier molecular flexibility index (Phi) is 3.01. The van der Waals surface area contributed by atoms with Crippen molar-refractivity contribution in [2.75, 3.05) is 5.73 Å². The maximum absolute atomic E-state index is 12.2. The van der Waals surface area contributed by atoms with E-state index in [-0.39, 0.29) is 10.2 Å². The highest BCUT2D eigenvalue weighted by molar-refractivity contribution is 9.10. The predicted molar refractivity (Wildman–Crippen MR) is 51.8 cm³/mol. The molecule has 0 saturated carbocycles. The molecule has 0 aliphatic heterocycles. The van der Waals surface area contributed by atoms with Crippen molar-refractivity contribution >= 4 is 31.5 Å². The van der Waals surface area contributed by atoms with Crippen LogP contribution >= 0.6 is 15.9 Å². The highest BCUT2D eigenvalue weighted by Gasteiger charge is 2.47. The van der Waals surface area contributed by atoms with Gasteiger partial charge in [0.25, 0.3) is 9.84 Å². The van der Waals surface area contributed by atoms with Crippen molar-refractivity contribution < 1.29 is 21.6 Å². The van der Waals surface area contributed by atoms with Gasteiger partial charge in [0.15, 0.2) is 0 Å². The molecule has 0 radical (unpaired) electrons. The highest BCUT2D eigenvalue weighted by Crippen LogP contribution is 2.34. The van der Waals surface area contributed by atoms with Crippen molar-refractivity contribution in [1.82, 2.24) is 0 Å². The quantitative estimate of drug-likeness (QED) is 0.810. The van der Waals surface area contributed by atoms with Crippen molar-refractivity contribution in [3.63, 3.8) is 0 Å². The van der Waals surface area contributed by atoms with Gasteiger partial charge in [-0.25, -0.2) is 8.42 Å². The molecule has 0 aromatic heterocycles. The summed E-state index contributed by atoms with van der Waals surface area (Å²) in [6.07, 6.45) is 0. The topological polar surface area (TPSA) is 60.2 Å². The van der Waals surface area contributed by atoms with Gasteiger partial charge in [-0.05, 0) is 34.1 Å². The van der Waals surface area contributed by atoms with E-state index in [2.05, 4.69) is 15.9 Å². The molecule has 84 valence electrons. The number of halogens is 4. The summed E-state index contributed by atoms with van der Waals surface area (Å²) in [5.74, 6) is 0. The Morgan fingerprint density at radius 3 is 2.20 bits per heavy atom. The molecular weight excluding hydrogens is 299 g/mol. The summed E-state index contributed by atoms with van der Waals surface area (Å²) >= 11 is 2.72. The number of nitrogen functional groups attached to an aromatic ring is 1. The van der Waals surface area contributed by atoms with E-state index in [0.717, 1.165) is 18.2 Å². The zero-order valence-electron chi connectivity index (χ0n) is 7.05. The highest BCUT2D eigenvalue weighted by atomic mass is 79.9. The van der Waals surface area contributed by atoms with E-state index < -0.39 is 20.2 Å². The van der Waals surface area contributed by atoms with Crippen molar-refractivity contribution in [2.24, 2.45) is 0 Å². The average molecular weight is 304 g/mol. The van der Waals surface area contributed by atoms with E-state index in [4.69, 9.17) is 5.73 Å². The lowest BCUT2D eigenvalue weighted by atomic mass is 10.3. The number of nitrogens with two attached hydrogens (primary N) is 1. The second-order valence-electron chi connectivity index (χ2n) is 2.64. The normalized spacial score (nSPS) is 12.8. The van der Waals surface area contributed by atoms with Gasteiger partial charge >= 0.3 is 5.51 Å². The van der Waals surface area contributed by atoms with Gasteiger partial charge in [-0.1, -0.05) is 0 Å². The first kappa shape index (κ1) is 12.3. The van der Waals surface area contributed by atoms with Crippen LogP contribution < -0.4 is 5.73 Å². The summed E-state index contributed by atoms with van der Waals surface area (Å²) in [4.78, 5) is -0.843. The number of hydrogen-bond donors (Lipinski definition) is 1. The SMILES string of the molecule is Nc1ccc(S(=O)(=O)C(F)(F)F)c(Br)c1. The van der Waals surface area contributed by atoms with E-state index in [1.165, 1.54) is 0 Å². The Bertz CT molecular complexity index is 483. The smallest absolute Gasteiger partial charge is 0.399 e. The number of sulfone groups is 1. The second-order valence-corrected chi connectivity index (χ2v) is 5.40. The molecule has 8 heteroatoms. The number of hydrogen-bond acceptors (Lipinski definition) is 3. The molecule has 3 nitrogen and oxygen atoms in total. The van der Waals surface area contributed by atoms with Crippen LogP contribution in [0.4, 0.5) is 18.9 Å². The summed E-state index contributed by atoms with van der Waals surface area (Å²) < 4.78 is 58.3. The Morgan fingerprint density at radius 1 is 1.27 bits per heavy atom. The van der Waals surface area contributed by atoms with Gasteiger partial charge in [0.1, 0.15) is 0 Å². The third kappa shape index (κ3) is 2.25. The lowest BCUT2D eigenvalue weighted by Gasteiger charge is -2.09. The zero-order valence-corrected chi connectivity index (χ0v) is 9.45. The molecule has 1 aromatic carbocycles. The minimum absolute atomic E-state index is 0.169. The Balaban J connectivity index is 3.42. The number of anilines is 1. The molecule has 0 saturated heterocycles. The molecule has 0 bridgehead atoms. The van der Waals surface area contributed by atoms with Crippen LogP contribution in [-0.4, -0.2) is 13.9 Å². The lowest BCUT2D eigenvalue weighted by Crippen LogP contribution is -2.23. The molecule has 0 heterocycles. The molecule has 0 atom stereocenters.